The number of nitrogens with zero attached hydrogens (tertiary/aromatic N) is 2. The number of hydrogen-bond acceptors (Lipinski definition) is 12. The lowest BCUT2D eigenvalue weighted by Crippen LogP contribution is -2.68. The van der Waals surface area contributed by atoms with Gasteiger partial charge in [-0.1, -0.05) is 42.3 Å². The van der Waals surface area contributed by atoms with Crippen molar-refractivity contribution in [2.24, 2.45) is 5.92 Å². The molecule has 2 fully saturated rings. The van der Waals surface area contributed by atoms with Crippen LogP contribution in [0.1, 0.15) is 52.5 Å². The van der Waals surface area contributed by atoms with Crippen LogP contribution < -0.4 is 15.0 Å². The van der Waals surface area contributed by atoms with Crippen LogP contribution in [-0.2, 0) is 39.8 Å². The zero-order valence-electron chi connectivity index (χ0n) is 31.1. The SMILES string of the molecule is COc1cc2cc(c1Cl)N(C)C(=O)C[C@H](OC(=O)[C@H](C)N(C)C(=O)CCSC)[C@@]1(C)O[C@H]1[C@H](C)[C@]1(O)C[C@@](O)(NC(=O)O1)[C@H](OC)/C=C/C=C(\C)C2. The molecule has 3 amide bonds. The van der Waals surface area contributed by atoms with E-state index in [1.165, 1.54) is 49.8 Å². The zero-order chi connectivity index (χ0) is 38.8. The van der Waals surface area contributed by atoms with Crippen molar-refractivity contribution in [1.82, 2.24) is 10.2 Å². The summed E-state index contributed by atoms with van der Waals surface area (Å²) < 4.78 is 28.7. The fourth-order valence-electron chi connectivity index (χ4n) is 6.63. The van der Waals surface area contributed by atoms with Crippen LogP contribution in [0.4, 0.5) is 10.5 Å². The summed E-state index contributed by atoms with van der Waals surface area (Å²) in [4.78, 5) is 56.0. The van der Waals surface area contributed by atoms with Gasteiger partial charge >= 0.3 is 12.1 Å². The third-order valence-corrected chi connectivity index (χ3v) is 11.2. The minimum absolute atomic E-state index is 0.197. The number of anilines is 1. The molecule has 4 rings (SSSR count). The number of ether oxygens (including phenoxy) is 5. The van der Waals surface area contributed by atoms with Crippen molar-refractivity contribution in [2.45, 2.75) is 94.8 Å². The Balaban J connectivity index is 1.79. The van der Waals surface area contributed by atoms with Crippen molar-refractivity contribution in [3.05, 3.63) is 46.5 Å². The minimum Gasteiger partial charge on any atom is -0.495 e. The van der Waals surface area contributed by atoms with Gasteiger partial charge in [0, 0.05) is 33.4 Å². The first kappa shape index (κ1) is 41.4. The van der Waals surface area contributed by atoms with E-state index in [1.807, 2.05) is 13.2 Å². The number of esters is 1. The van der Waals surface area contributed by atoms with E-state index in [0.29, 0.717) is 23.6 Å². The number of amides is 3. The van der Waals surface area contributed by atoms with E-state index in [0.717, 1.165) is 11.1 Å². The molecule has 3 aliphatic rings. The normalized spacial score (nSPS) is 33.0. The first-order valence-corrected chi connectivity index (χ1v) is 18.7. The summed E-state index contributed by atoms with van der Waals surface area (Å²) in [6.07, 6.45) is 2.23. The third-order valence-electron chi connectivity index (χ3n) is 10.2. The number of epoxide rings is 1. The van der Waals surface area contributed by atoms with Crippen LogP contribution in [0.2, 0.25) is 5.02 Å². The van der Waals surface area contributed by atoms with Gasteiger partial charge < -0.3 is 43.7 Å². The molecular formula is C36H50ClN3O11S. The van der Waals surface area contributed by atoms with Gasteiger partial charge in [-0.2, -0.15) is 11.8 Å². The number of carbonyl (C=O) groups excluding carboxylic acids is 4. The lowest BCUT2D eigenvalue weighted by molar-refractivity contribution is -0.267. The topological polar surface area (TPSA) is 177 Å². The highest BCUT2D eigenvalue weighted by atomic mass is 35.5. The predicted molar refractivity (Wildman–Crippen MR) is 195 cm³/mol. The summed E-state index contributed by atoms with van der Waals surface area (Å²) in [5.74, 6) is -3.90. The van der Waals surface area contributed by atoms with Crippen LogP contribution in [-0.4, -0.2) is 121 Å². The van der Waals surface area contributed by atoms with E-state index >= 15 is 0 Å². The fraction of sp³-hybridized carbons (Fsp3) is 0.611. The van der Waals surface area contributed by atoms with E-state index in [1.54, 1.807) is 51.3 Å². The highest BCUT2D eigenvalue weighted by Gasteiger charge is 2.68. The largest absolute Gasteiger partial charge is 0.495 e. The Kier molecular flexibility index (Phi) is 13.0. The summed E-state index contributed by atoms with van der Waals surface area (Å²) in [5.41, 5.74) is -1.48. The average molecular weight is 768 g/mol. The molecule has 0 spiro atoms. The van der Waals surface area contributed by atoms with Crippen molar-refractivity contribution in [3.63, 3.8) is 0 Å². The Bertz CT molecular complexity index is 1610. The third kappa shape index (κ3) is 8.71. The molecule has 0 saturated carbocycles. The summed E-state index contributed by atoms with van der Waals surface area (Å²) in [6, 6.07) is 2.52. The molecule has 4 bridgehead atoms. The van der Waals surface area contributed by atoms with Gasteiger partial charge in [0.1, 0.15) is 34.6 Å². The number of halogens is 1. The van der Waals surface area contributed by atoms with Gasteiger partial charge in [0.05, 0.1) is 37.7 Å². The average Bonchev–Trinajstić information content (AvgIpc) is 3.78. The maximum absolute atomic E-state index is 14.1. The van der Waals surface area contributed by atoms with Crippen molar-refractivity contribution < 1.29 is 53.1 Å². The molecule has 1 aromatic carbocycles. The van der Waals surface area contributed by atoms with Gasteiger partial charge in [-0.3, -0.25) is 14.9 Å². The monoisotopic (exact) mass is 767 g/mol. The van der Waals surface area contributed by atoms with Crippen LogP contribution in [0.25, 0.3) is 0 Å². The van der Waals surface area contributed by atoms with Crippen molar-refractivity contribution in [2.75, 3.05) is 45.2 Å². The number of nitrogens with one attached hydrogen (secondary N) is 1. The van der Waals surface area contributed by atoms with Crippen LogP contribution in [0.5, 0.6) is 5.75 Å². The summed E-state index contributed by atoms with van der Waals surface area (Å²) in [6.45, 7) is 6.59. The van der Waals surface area contributed by atoms with Gasteiger partial charge in [-0.25, -0.2) is 9.59 Å². The number of benzene rings is 1. The molecule has 288 valence electrons. The molecule has 2 saturated heterocycles. The molecule has 0 aromatic heterocycles. The highest BCUT2D eigenvalue weighted by molar-refractivity contribution is 7.98. The van der Waals surface area contributed by atoms with E-state index < -0.39 is 71.8 Å². The smallest absolute Gasteiger partial charge is 0.411 e. The first-order chi connectivity index (χ1) is 24.3. The Hall–Kier alpha value is -3.34. The number of rotatable bonds is 8. The van der Waals surface area contributed by atoms with Crippen LogP contribution in [0.15, 0.2) is 35.9 Å². The number of carbonyl (C=O) groups is 4. The molecule has 3 heterocycles. The predicted octanol–water partition coefficient (Wildman–Crippen LogP) is 3.59. The maximum Gasteiger partial charge on any atom is 0.411 e. The molecule has 3 aliphatic heterocycles. The molecule has 1 aromatic rings. The summed E-state index contributed by atoms with van der Waals surface area (Å²) >= 11 is 8.23. The molecule has 16 heteroatoms. The highest BCUT2D eigenvalue weighted by Crippen LogP contribution is 2.51. The van der Waals surface area contributed by atoms with Crippen molar-refractivity contribution >= 4 is 52.9 Å². The van der Waals surface area contributed by atoms with Gasteiger partial charge in [0.2, 0.25) is 17.6 Å². The molecule has 8 atom stereocenters. The first-order valence-electron chi connectivity index (χ1n) is 16.9. The van der Waals surface area contributed by atoms with Crippen molar-refractivity contribution in [1.29, 1.82) is 0 Å². The molecule has 3 N–H and O–H groups in total. The molecule has 14 nitrogen and oxygen atoms in total. The lowest BCUT2D eigenvalue weighted by atomic mass is 9.81. The maximum atomic E-state index is 14.1. The number of aliphatic hydroxyl groups is 2. The Morgan fingerprint density at radius 3 is 2.58 bits per heavy atom. The summed E-state index contributed by atoms with van der Waals surface area (Å²) in [7, 11) is 5.87. The van der Waals surface area contributed by atoms with Crippen LogP contribution in [0.3, 0.4) is 0 Å². The van der Waals surface area contributed by atoms with E-state index in [-0.39, 0.29) is 23.8 Å². The Morgan fingerprint density at radius 2 is 1.94 bits per heavy atom. The minimum atomic E-state index is -2.28. The van der Waals surface area contributed by atoms with Crippen LogP contribution >= 0.6 is 23.4 Å². The number of thioether (sulfide) groups is 1. The number of hydrogen-bond donors (Lipinski definition) is 3. The second kappa shape index (κ2) is 16.4. The summed E-state index contributed by atoms with van der Waals surface area (Å²) in [5, 5.41) is 26.1. The van der Waals surface area contributed by atoms with Gasteiger partial charge in [-0.15, -0.1) is 0 Å². The molecule has 0 aliphatic carbocycles. The van der Waals surface area contributed by atoms with E-state index in [4.69, 9.17) is 35.3 Å². The van der Waals surface area contributed by atoms with E-state index in [2.05, 4.69) is 5.32 Å². The number of fused-ring (bicyclic) bond motifs is 5. The number of alkyl carbamates (subject to hydrolysis) is 1. The fourth-order valence-corrected chi connectivity index (χ4v) is 7.32. The second-order valence-electron chi connectivity index (χ2n) is 13.8. The van der Waals surface area contributed by atoms with Gasteiger partial charge in [0.25, 0.3) is 0 Å². The number of allylic oxidation sites excluding steroid dienone is 3. The lowest BCUT2D eigenvalue weighted by Gasteiger charge is -2.46. The number of methoxy groups -OCH3 is 2. The molecular weight excluding hydrogens is 718 g/mol. The van der Waals surface area contributed by atoms with E-state index in [9.17, 15) is 29.4 Å². The standard InChI is InChI=1S/C36H50ClN3O11S/c1-20-11-10-12-26(48-8)35(45)19-36(46,51-33(44)38-35)21(2)31-34(4,50-31)27(49-32(43)22(3)39(5)28(41)13-14-52-9)18-29(42)40(6)24-16-23(15-20)17-25(47-7)30(24)37/h10-12,16-17,21-22,26-27,31,45-46H,13-15,18-19H2,1-9H3,(H,38,44)/b12-10+,20-11+/t21-,22-,26+,27-,31-,34+,35-,36-/m0/s1. The Labute approximate surface area is 313 Å². The van der Waals surface area contributed by atoms with Crippen LogP contribution in [0, 0.1) is 5.92 Å². The zero-order valence-corrected chi connectivity index (χ0v) is 32.6. The molecule has 0 radical (unpaired) electrons. The second-order valence-corrected chi connectivity index (χ2v) is 15.2. The molecule has 0 unspecified atom stereocenters. The van der Waals surface area contributed by atoms with Gasteiger partial charge in [-0.05, 0) is 51.1 Å². The Morgan fingerprint density at radius 1 is 1.25 bits per heavy atom. The quantitative estimate of drug-likeness (QED) is 0.259. The van der Waals surface area contributed by atoms with Gasteiger partial charge in [0.15, 0.2) is 5.72 Å². The number of likely N-dealkylation sites (N-methyl/N-ethyl adjacent to an activating group) is 1. The van der Waals surface area contributed by atoms with Crippen molar-refractivity contribution in [3.8, 4) is 5.75 Å². The molecule has 52 heavy (non-hydrogen) atoms.